The van der Waals surface area contributed by atoms with Gasteiger partial charge in [-0.25, -0.2) is 22.3 Å². The van der Waals surface area contributed by atoms with E-state index in [0.29, 0.717) is 12.2 Å². The summed E-state index contributed by atoms with van der Waals surface area (Å²) in [6, 6.07) is 14.8. The topological polar surface area (TPSA) is 100 Å². The number of sulfonamides is 1. The fourth-order valence-electron chi connectivity index (χ4n) is 2.47. The molecule has 1 aromatic heterocycles. The molecule has 0 saturated heterocycles. The molecule has 1 heterocycles. The molecule has 0 radical (unpaired) electrons. The zero-order valence-corrected chi connectivity index (χ0v) is 16.1. The molecule has 2 aromatic carbocycles. The molecule has 9 heteroatoms. The number of aromatic nitrogens is 1. The summed E-state index contributed by atoms with van der Waals surface area (Å²) in [4.78, 5) is 15.9. The third-order valence-corrected chi connectivity index (χ3v) is 5.45. The van der Waals surface area contributed by atoms with Crippen molar-refractivity contribution in [2.75, 3.05) is 5.32 Å². The fraction of sp³-hybridized carbons (Fsp3) is 0.100. The van der Waals surface area contributed by atoms with Crippen LogP contribution in [-0.4, -0.2) is 19.4 Å². The summed E-state index contributed by atoms with van der Waals surface area (Å²) in [6.45, 7) is 0.174. The van der Waals surface area contributed by atoms with Crippen molar-refractivity contribution in [3.63, 3.8) is 0 Å². The minimum atomic E-state index is -3.82. The van der Waals surface area contributed by atoms with E-state index in [0.717, 1.165) is 5.56 Å². The highest BCUT2D eigenvalue weighted by molar-refractivity contribution is 7.89. The summed E-state index contributed by atoms with van der Waals surface area (Å²) < 4.78 is 40.7. The first kappa shape index (κ1) is 20.4. The second-order valence-corrected chi connectivity index (χ2v) is 7.87. The summed E-state index contributed by atoms with van der Waals surface area (Å²) in [7, 11) is -3.82. The Kier molecular flexibility index (Phi) is 6.53. The van der Waals surface area contributed by atoms with Crippen LogP contribution in [0.25, 0.3) is 0 Å². The number of halogens is 1. The van der Waals surface area contributed by atoms with Crippen molar-refractivity contribution in [3.8, 4) is 0 Å². The quantitative estimate of drug-likeness (QED) is 0.553. The first-order valence-electron chi connectivity index (χ1n) is 8.71. The second-order valence-electron chi connectivity index (χ2n) is 6.10. The van der Waals surface area contributed by atoms with Crippen LogP contribution in [0.3, 0.4) is 0 Å². The first-order chi connectivity index (χ1) is 13.9. The lowest BCUT2D eigenvalue weighted by Gasteiger charge is -2.10. The largest absolute Gasteiger partial charge is 0.334 e. The summed E-state index contributed by atoms with van der Waals surface area (Å²) >= 11 is 0. The van der Waals surface area contributed by atoms with E-state index in [1.165, 1.54) is 42.5 Å². The zero-order valence-electron chi connectivity index (χ0n) is 15.3. The van der Waals surface area contributed by atoms with Crippen LogP contribution in [0.4, 0.5) is 14.9 Å². The van der Waals surface area contributed by atoms with E-state index in [1.807, 2.05) is 0 Å². The summed E-state index contributed by atoms with van der Waals surface area (Å²) in [5, 5.41) is 5.32. The molecule has 2 amide bonds. The highest BCUT2D eigenvalue weighted by atomic mass is 32.2. The van der Waals surface area contributed by atoms with Gasteiger partial charge in [0.1, 0.15) is 5.82 Å². The molecule has 0 spiro atoms. The van der Waals surface area contributed by atoms with Crippen molar-refractivity contribution >= 4 is 21.7 Å². The Balaban J connectivity index is 1.56. The van der Waals surface area contributed by atoms with Crippen molar-refractivity contribution in [1.82, 2.24) is 15.0 Å². The molecule has 0 atom stereocenters. The van der Waals surface area contributed by atoms with Crippen LogP contribution in [0.15, 0.2) is 78.0 Å². The van der Waals surface area contributed by atoms with Crippen LogP contribution in [0.2, 0.25) is 0 Å². The van der Waals surface area contributed by atoms with E-state index in [1.54, 1.807) is 30.6 Å². The van der Waals surface area contributed by atoms with Crippen molar-refractivity contribution in [2.24, 2.45) is 0 Å². The van der Waals surface area contributed by atoms with Crippen molar-refractivity contribution < 1.29 is 17.6 Å². The minimum Gasteiger partial charge on any atom is -0.334 e. The standard InChI is InChI=1S/C20H19FN4O3S/c21-19-4-2-1-3-16(19)14-24-29(27,28)18-7-5-17(6-8-18)25-20(26)23-13-15-9-11-22-12-10-15/h1-12,24H,13-14H2,(H2,23,25,26). The molecular weight excluding hydrogens is 395 g/mol. The Morgan fingerprint density at radius 2 is 1.62 bits per heavy atom. The van der Waals surface area contributed by atoms with Gasteiger partial charge in [0.2, 0.25) is 10.0 Å². The van der Waals surface area contributed by atoms with Gasteiger partial charge >= 0.3 is 6.03 Å². The maximum absolute atomic E-state index is 13.6. The number of hydrogen-bond donors (Lipinski definition) is 3. The average molecular weight is 414 g/mol. The zero-order chi connectivity index (χ0) is 20.7. The summed E-state index contributed by atoms with van der Waals surface area (Å²) in [5.41, 5.74) is 1.59. The van der Waals surface area contributed by atoms with Crippen molar-refractivity contribution in [2.45, 2.75) is 18.0 Å². The Morgan fingerprint density at radius 3 is 2.31 bits per heavy atom. The minimum absolute atomic E-state index is 0.0107. The average Bonchev–Trinajstić information content (AvgIpc) is 2.73. The smallest absolute Gasteiger partial charge is 0.319 e. The van der Waals surface area contributed by atoms with Gasteiger partial charge in [0.15, 0.2) is 0 Å². The predicted molar refractivity (Wildman–Crippen MR) is 107 cm³/mol. The summed E-state index contributed by atoms with van der Waals surface area (Å²) in [6.07, 6.45) is 3.27. The molecular formula is C20H19FN4O3S. The number of anilines is 1. The highest BCUT2D eigenvalue weighted by Crippen LogP contribution is 2.15. The van der Waals surface area contributed by atoms with E-state index in [-0.39, 0.29) is 17.0 Å². The first-order valence-corrected chi connectivity index (χ1v) is 10.2. The SMILES string of the molecule is O=C(NCc1ccncc1)Nc1ccc(S(=O)(=O)NCc2ccccc2F)cc1. The van der Waals surface area contributed by atoms with Crippen LogP contribution in [0.5, 0.6) is 0 Å². The molecule has 7 nitrogen and oxygen atoms in total. The van der Waals surface area contributed by atoms with Gasteiger partial charge in [-0.05, 0) is 48.0 Å². The highest BCUT2D eigenvalue weighted by Gasteiger charge is 2.15. The molecule has 0 bridgehead atoms. The fourth-order valence-corrected chi connectivity index (χ4v) is 3.48. The molecule has 0 aliphatic carbocycles. The van der Waals surface area contributed by atoms with E-state index in [2.05, 4.69) is 20.3 Å². The maximum atomic E-state index is 13.6. The van der Waals surface area contributed by atoms with Gasteiger partial charge in [-0.3, -0.25) is 4.98 Å². The van der Waals surface area contributed by atoms with Gasteiger partial charge in [0.05, 0.1) is 4.90 Å². The molecule has 29 heavy (non-hydrogen) atoms. The molecule has 3 N–H and O–H groups in total. The lowest BCUT2D eigenvalue weighted by atomic mass is 10.2. The van der Waals surface area contributed by atoms with Crippen molar-refractivity contribution in [3.05, 3.63) is 90.0 Å². The van der Waals surface area contributed by atoms with Gasteiger partial charge in [-0.15, -0.1) is 0 Å². The third-order valence-electron chi connectivity index (χ3n) is 4.04. The van der Waals surface area contributed by atoms with Crippen LogP contribution in [-0.2, 0) is 23.1 Å². The lowest BCUT2D eigenvalue weighted by molar-refractivity contribution is 0.251. The number of hydrogen-bond acceptors (Lipinski definition) is 4. The van der Waals surface area contributed by atoms with E-state index in [9.17, 15) is 17.6 Å². The molecule has 3 rings (SSSR count). The van der Waals surface area contributed by atoms with Gasteiger partial charge < -0.3 is 10.6 Å². The number of rotatable bonds is 7. The predicted octanol–water partition coefficient (Wildman–Crippen LogP) is 3.02. The molecule has 0 unspecified atom stereocenters. The lowest BCUT2D eigenvalue weighted by Crippen LogP contribution is -2.28. The van der Waals surface area contributed by atoms with Crippen LogP contribution in [0, 0.1) is 5.82 Å². The number of urea groups is 1. The molecule has 0 saturated carbocycles. The molecule has 3 aromatic rings. The normalized spacial score (nSPS) is 11.1. The number of benzene rings is 2. The number of pyridine rings is 1. The monoisotopic (exact) mass is 414 g/mol. The molecule has 0 aliphatic heterocycles. The van der Waals surface area contributed by atoms with E-state index < -0.39 is 21.9 Å². The second kappa shape index (κ2) is 9.26. The Hall–Kier alpha value is -3.30. The number of nitrogens with one attached hydrogen (secondary N) is 3. The van der Waals surface area contributed by atoms with Crippen molar-refractivity contribution in [1.29, 1.82) is 0 Å². The number of amides is 2. The molecule has 0 aliphatic rings. The molecule has 150 valence electrons. The van der Waals surface area contributed by atoms with E-state index >= 15 is 0 Å². The number of carbonyl (C=O) groups is 1. The van der Waals surface area contributed by atoms with Gasteiger partial charge in [0.25, 0.3) is 0 Å². The van der Waals surface area contributed by atoms with Gasteiger partial charge in [0, 0.05) is 36.7 Å². The van der Waals surface area contributed by atoms with Gasteiger partial charge in [-0.1, -0.05) is 18.2 Å². The Labute approximate surface area is 168 Å². The maximum Gasteiger partial charge on any atom is 0.319 e. The van der Waals surface area contributed by atoms with Crippen LogP contribution < -0.4 is 15.4 Å². The van der Waals surface area contributed by atoms with Crippen LogP contribution >= 0.6 is 0 Å². The Morgan fingerprint density at radius 1 is 0.931 bits per heavy atom. The third kappa shape index (κ3) is 5.84. The van der Waals surface area contributed by atoms with Gasteiger partial charge in [-0.2, -0.15) is 0 Å². The molecule has 0 fully saturated rings. The Bertz CT molecular complexity index is 1070. The number of nitrogens with zero attached hydrogens (tertiary/aromatic N) is 1. The van der Waals surface area contributed by atoms with Crippen LogP contribution in [0.1, 0.15) is 11.1 Å². The number of carbonyl (C=O) groups excluding carboxylic acids is 1. The van der Waals surface area contributed by atoms with E-state index in [4.69, 9.17) is 0 Å². The summed E-state index contributed by atoms with van der Waals surface area (Å²) in [5.74, 6) is -0.479.